The van der Waals surface area contributed by atoms with Crippen molar-refractivity contribution in [3.05, 3.63) is 0 Å². The van der Waals surface area contributed by atoms with Gasteiger partial charge in [0.1, 0.15) is 11.1 Å². The lowest BCUT2D eigenvalue weighted by atomic mass is 10.1. The fourth-order valence-electron chi connectivity index (χ4n) is 2.37. The second kappa shape index (κ2) is 9.70. The van der Waals surface area contributed by atoms with E-state index in [1.54, 1.807) is 0 Å². The maximum absolute atomic E-state index is 5.63. The van der Waals surface area contributed by atoms with Gasteiger partial charge in [0.05, 0.1) is 6.61 Å². The van der Waals surface area contributed by atoms with Gasteiger partial charge in [-0.25, -0.2) is 0 Å². The Hall–Kier alpha value is -0.190. The zero-order chi connectivity index (χ0) is 13.2. The van der Waals surface area contributed by atoms with Crippen molar-refractivity contribution < 1.29 is 4.74 Å². The molecular formula is C14H28N2OS. The molecule has 0 aliphatic carbocycles. The van der Waals surface area contributed by atoms with Gasteiger partial charge in [-0.05, 0) is 13.0 Å². The van der Waals surface area contributed by atoms with E-state index >= 15 is 0 Å². The van der Waals surface area contributed by atoms with Gasteiger partial charge in [0.15, 0.2) is 0 Å². The summed E-state index contributed by atoms with van der Waals surface area (Å²) >= 11 is 4.99. The quantitative estimate of drug-likeness (QED) is 0.517. The van der Waals surface area contributed by atoms with Crippen LogP contribution >= 0.6 is 12.2 Å². The van der Waals surface area contributed by atoms with E-state index in [1.165, 1.54) is 44.9 Å². The summed E-state index contributed by atoms with van der Waals surface area (Å²) in [7, 11) is 0. The van der Waals surface area contributed by atoms with Crippen LogP contribution < -0.4 is 5.73 Å². The van der Waals surface area contributed by atoms with Crippen LogP contribution in [-0.4, -0.2) is 42.2 Å². The lowest BCUT2D eigenvalue weighted by Crippen LogP contribution is -2.47. The number of rotatable bonds is 9. The van der Waals surface area contributed by atoms with Crippen LogP contribution in [0.1, 0.15) is 51.9 Å². The molecule has 1 saturated heterocycles. The first-order valence-electron chi connectivity index (χ1n) is 7.37. The first-order valence-corrected chi connectivity index (χ1v) is 7.78. The van der Waals surface area contributed by atoms with E-state index in [0.29, 0.717) is 4.99 Å². The van der Waals surface area contributed by atoms with Gasteiger partial charge in [0.25, 0.3) is 0 Å². The van der Waals surface area contributed by atoms with Crippen molar-refractivity contribution in [1.82, 2.24) is 4.90 Å². The number of morpholine rings is 1. The van der Waals surface area contributed by atoms with Crippen LogP contribution in [0.25, 0.3) is 0 Å². The molecule has 106 valence electrons. The zero-order valence-corrected chi connectivity index (χ0v) is 12.5. The highest BCUT2D eigenvalue weighted by atomic mass is 32.1. The van der Waals surface area contributed by atoms with E-state index in [-0.39, 0.29) is 6.10 Å². The number of nitrogens with two attached hydrogens (primary N) is 1. The molecule has 1 aliphatic rings. The Morgan fingerprint density at radius 2 is 1.89 bits per heavy atom. The van der Waals surface area contributed by atoms with Crippen molar-refractivity contribution >= 4 is 17.2 Å². The second-order valence-electron chi connectivity index (χ2n) is 5.18. The van der Waals surface area contributed by atoms with Gasteiger partial charge in [0, 0.05) is 13.1 Å². The number of ether oxygens (including phenoxy) is 1. The highest BCUT2D eigenvalue weighted by molar-refractivity contribution is 7.80. The van der Waals surface area contributed by atoms with Crippen LogP contribution in [0.3, 0.4) is 0 Å². The molecule has 1 aliphatic heterocycles. The molecule has 0 bridgehead atoms. The zero-order valence-electron chi connectivity index (χ0n) is 11.7. The lowest BCUT2D eigenvalue weighted by Gasteiger charge is -2.32. The minimum Gasteiger partial charge on any atom is -0.391 e. The summed E-state index contributed by atoms with van der Waals surface area (Å²) in [6.07, 6.45) is 9.49. The summed E-state index contributed by atoms with van der Waals surface area (Å²) in [5.74, 6) is 0. The molecule has 0 aromatic heterocycles. The standard InChI is InChI=1S/C14H28N2OS/c1-2-3-4-5-6-7-8-9-16-10-11-17-13(12-16)14(15)18/h13H,2-12H2,1H3,(H2,15,18). The molecule has 1 unspecified atom stereocenters. The summed E-state index contributed by atoms with van der Waals surface area (Å²) in [4.78, 5) is 2.93. The van der Waals surface area contributed by atoms with Gasteiger partial charge in [-0.1, -0.05) is 57.7 Å². The van der Waals surface area contributed by atoms with Crippen molar-refractivity contribution in [2.75, 3.05) is 26.2 Å². The van der Waals surface area contributed by atoms with Gasteiger partial charge < -0.3 is 10.5 Å². The normalized spacial score (nSPS) is 21.1. The second-order valence-corrected chi connectivity index (χ2v) is 5.66. The predicted octanol–water partition coefficient (Wildman–Crippen LogP) is 2.72. The highest BCUT2D eigenvalue weighted by Crippen LogP contribution is 2.10. The first kappa shape index (κ1) is 15.9. The molecule has 1 rings (SSSR count). The fourth-order valence-corrected chi connectivity index (χ4v) is 2.51. The Morgan fingerprint density at radius 1 is 1.22 bits per heavy atom. The Balaban J connectivity index is 2.00. The molecule has 1 heterocycles. The van der Waals surface area contributed by atoms with Crippen LogP contribution in [0.2, 0.25) is 0 Å². The van der Waals surface area contributed by atoms with Gasteiger partial charge >= 0.3 is 0 Å². The molecular weight excluding hydrogens is 244 g/mol. The number of thiocarbonyl (C=S) groups is 1. The van der Waals surface area contributed by atoms with Crippen LogP contribution in [0.4, 0.5) is 0 Å². The monoisotopic (exact) mass is 272 g/mol. The summed E-state index contributed by atoms with van der Waals surface area (Å²) in [6.45, 7) is 6.09. The number of hydrogen-bond acceptors (Lipinski definition) is 3. The molecule has 18 heavy (non-hydrogen) atoms. The molecule has 1 fully saturated rings. The third-order valence-electron chi connectivity index (χ3n) is 3.55. The van der Waals surface area contributed by atoms with Crippen LogP contribution in [0.5, 0.6) is 0 Å². The van der Waals surface area contributed by atoms with Gasteiger partial charge in [-0.3, -0.25) is 4.90 Å². The fraction of sp³-hybridized carbons (Fsp3) is 0.929. The average molecular weight is 272 g/mol. The SMILES string of the molecule is CCCCCCCCCN1CCOC(C(N)=S)C1. The van der Waals surface area contributed by atoms with Crippen molar-refractivity contribution in [3.63, 3.8) is 0 Å². The maximum atomic E-state index is 5.63. The van der Waals surface area contributed by atoms with Crippen LogP contribution in [0, 0.1) is 0 Å². The largest absolute Gasteiger partial charge is 0.391 e. The van der Waals surface area contributed by atoms with Gasteiger partial charge in [-0.2, -0.15) is 0 Å². The maximum Gasteiger partial charge on any atom is 0.120 e. The Bertz CT molecular complexity index is 236. The number of hydrogen-bond donors (Lipinski definition) is 1. The number of unbranched alkanes of at least 4 members (excludes halogenated alkanes) is 6. The third-order valence-corrected chi connectivity index (χ3v) is 3.81. The Morgan fingerprint density at radius 3 is 2.56 bits per heavy atom. The lowest BCUT2D eigenvalue weighted by molar-refractivity contribution is 0.00667. The van der Waals surface area contributed by atoms with Crippen molar-refractivity contribution in [2.24, 2.45) is 5.73 Å². The molecule has 4 heteroatoms. The molecule has 0 saturated carbocycles. The van der Waals surface area contributed by atoms with E-state index in [1.807, 2.05) is 0 Å². The molecule has 0 radical (unpaired) electrons. The molecule has 0 aromatic rings. The topological polar surface area (TPSA) is 38.5 Å². The molecule has 1 atom stereocenters. The van der Waals surface area contributed by atoms with E-state index in [4.69, 9.17) is 22.7 Å². The molecule has 0 aromatic carbocycles. The smallest absolute Gasteiger partial charge is 0.120 e. The van der Waals surface area contributed by atoms with Crippen molar-refractivity contribution in [2.45, 2.75) is 58.0 Å². The summed E-state index contributed by atoms with van der Waals surface area (Å²) in [6, 6.07) is 0. The van der Waals surface area contributed by atoms with Gasteiger partial charge in [0.2, 0.25) is 0 Å². The van der Waals surface area contributed by atoms with E-state index in [0.717, 1.165) is 26.2 Å². The van der Waals surface area contributed by atoms with Gasteiger partial charge in [-0.15, -0.1) is 0 Å². The summed E-state index contributed by atoms with van der Waals surface area (Å²) in [5.41, 5.74) is 5.63. The van der Waals surface area contributed by atoms with Crippen LogP contribution in [-0.2, 0) is 4.74 Å². The van der Waals surface area contributed by atoms with Crippen molar-refractivity contribution in [1.29, 1.82) is 0 Å². The average Bonchev–Trinajstić information content (AvgIpc) is 2.38. The van der Waals surface area contributed by atoms with Crippen molar-refractivity contribution in [3.8, 4) is 0 Å². The summed E-state index contributed by atoms with van der Waals surface area (Å²) < 4.78 is 5.53. The molecule has 0 spiro atoms. The predicted molar refractivity (Wildman–Crippen MR) is 81.0 cm³/mol. The first-order chi connectivity index (χ1) is 8.74. The molecule has 3 nitrogen and oxygen atoms in total. The Labute approximate surface area is 117 Å². The van der Waals surface area contributed by atoms with Crippen LogP contribution in [0.15, 0.2) is 0 Å². The summed E-state index contributed by atoms with van der Waals surface area (Å²) in [5, 5.41) is 0. The Kier molecular flexibility index (Phi) is 8.55. The van der Waals surface area contributed by atoms with E-state index < -0.39 is 0 Å². The molecule has 2 N–H and O–H groups in total. The minimum absolute atomic E-state index is 0.0293. The highest BCUT2D eigenvalue weighted by Gasteiger charge is 2.21. The third kappa shape index (κ3) is 6.66. The number of nitrogens with zero attached hydrogens (tertiary/aromatic N) is 1. The van der Waals surface area contributed by atoms with E-state index in [2.05, 4.69) is 11.8 Å². The van der Waals surface area contributed by atoms with E-state index in [9.17, 15) is 0 Å². The molecule has 0 amide bonds. The minimum atomic E-state index is -0.0293.